The summed E-state index contributed by atoms with van der Waals surface area (Å²) in [6.07, 6.45) is 1.71. The Labute approximate surface area is 202 Å². The predicted molar refractivity (Wildman–Crippen MR) is 132 cm³/mol. The van der Waals surface area contributed by atoms with Crippen molar-refractivity contribution in [3.8, 4) is 16.9 Å². The van der Waals surface area contributed by atoms with Gasteiger partial charge in [0.25, 0.3) is 11.8 Å². The number of aromatic nitrogens is 2. The SMILES string of the molecule is Cc1ccccc1-c1nn(-c2ccccc2)cc1C(=O)Nc1cccc(C2(C)NC(=O)NC2=O)c1. The number of hydrogen-bond donors (Lipinski definition) is 3. The molecule has 3 aromatic carbocycles. The molecule has 0 radical (unpaired) electrons. The van der Waals surface area contributed by atoms with Gasteiger partial charge in [-0.05, 0) is 49.2 Å². The van der Waals surface area contributed by atoms with E-state index in [1.165, 1.54) is 0 Å². The molecule has 0 spiro atoms. The number of imide groups is 1. The normalized spacial score (nSPS) is 17.1. The Balaban J connectivity index is 1.51. The fourth-order valence-electron chi connectivity index (χ4n) is 4.14. The van der Waals surface area contributed by atoms with Crippen LogP contribution in [0.2, 0.25) is 0 Å². The second-order valence-corrected chi connectivity index (χ2v) is 8.55. The number of carbonyl (C=O) groups is 3. The maximum atomic E-state index is 13.5. The summed E-state index contributed by atoms with van der Waals surface area (Å²) in [5.41, 5.74) is 3.49. The Kier molecular flexibility index (Phi) is 5.41. The first-order chi connectivity index (χ1) is 16.8. The molecule has 0 saturated carbocycles. The van der Waals surface area contributed by atoms with Crippen LogP contribution in [0.15, 0.2) is 85.1 Å². The summed E-state index contributed by atoms with van der Waals surface area (Å²) in [7, 11) is 0. The molecule has 1 saturated heterocycles. The highest BCUT2D eigenvalue weighted by atomic mass is 16.2. The van der Waals surface area contributed by atoms with Crippen molar-refractivity contribution in [2.45, 2.75) is 19.4 Å². The molecule has 35 heavy (non-hydrogen) atoms. The van der Waals surface area contributed by atoms with E-state index in [0.717, 1.165) is 16.8 Å². The van der Waals surface area contributed by atoms with Crippen molar-refractivity contribution >= 4 is 23.5 Å². The Morgan fingerprint density at radius 3 is 2.43 bits per heavy atom. The summed E-state index contributed by atoms with van der Waals surface area (Å²) < 4.78 is 1.69. The van der Waals surface area contributed by atoms with Crippen LogP contribution < -0.4 is 16.0 Å². The first-order valence-electron chi connectivity index (χ1n) is 11.1. The molecule has 0 bridgehead atoms. The molecule has 0 aliphatic carbocycles. The minimum Gasteiger partial charge on any atom is -0.322 e. The molecule has 8 nitrogen and oxygen atoms in total. The van der Waals surface area contributed by atoms with Crippen molar-refractivity contribution in [2.24, 2.45) is 0 Å². The number of urea groups is 1. The van der Waals surface area contributed by atoms with Crippen molar-refractivity contribution in [1.82, 2.24) is 20.4 Å². The van der Waals surface area contributed by atoms with Gasteiger partial charge in [0, 0.05) is 17.4 Å². The highest BCUT2D eigenvalue weighted by molar-refractivity contribution is 6.09. The van der Waals surface area contributed by atoms with Crippen LogP contribution in [-0.2, 0) is 10.3 Å². The molecular formula is C27H23N5O3. The smallest absolute Gasteiger partial charge is 0.322 e. The first kappa shape index (κ1) is 22.1. The zero-order valence-corrected chi connectivity index (χ0v) is 19.2. The number of carbonyl (C=O) groups excluding carboxylic acids is 3. The summed E-state index contributed by atoms with van der Waals surface area (Å²) in [4.78, 5) is 37.5. The Morgan fingerprint density at radius 1 is 0.971 bits per heavy atom. The van der Waals surface area contributed by atoms with E-state index in [4.69, 9.17) is 5.10 Å². The molecule has 1 aliphatic heterocycles. The van der Waals surface area contributed by atoms with Crippen molar-refractivity contribution in [3.63, 3.8) is 0 Å². The average Bonchev–Trinajstić information content (AvgIpc) is 3.41. The molecule has 2 heterocycles. The number of nitrogens with zero attached hydrogens (tertiary/aromatic N) is 2. The van der Waals surface area contributed by atoms with Crippen LogP contribution in [0, 0.1) is 6.92 Å². The van der Waals surface area contributed by atoms with Gasteiger partial charge >= 0.3 is 6.03 Å². The summed E-state index contributed by atoms with van der Waals surface area (Å²) in [6.45, 7) is 3.60. The molecule has 1 aromatic heterocycles. The summed E-state index contributed by atoms with van der Waals surface area (Å²) in [5.74, 6) is -0.787. The molecule has 1 fully saturated rings. The van der Waals surface area contributed by atoms with Crippen molar-refractivity contribution in [3.05, 3.63) is 102 Å². The summed E-state index contributed by atoms with van der Waals surface area (Å²) in [5, 5.41) is 12.6. The lowest BCUT2D eigenvalue weighted by Crippen LogP contribution is -2.40. The van der Waals surface area contributed by atoms with Crippen LogP contribution in [0.25, 0.3) is 16.9 Å². The van der Waals surface area contributed by atoms with Crippen molar-refractivity contribution in [1.29, 1.82) is 0 Å². The maximum absolute atomic E-state index is 13.5. The first-order valence-corrected chi connectivity index (χ1v) is 11.1. The van der Waals surface area contributed by atoms with Gasteiger partial charge in [0.1, 0.15) is 11.2 Å². The topological polar surface area (TPSA) is 105 Å². The lowest BCUT2D eigenvalue weighted by Gasteiger charge is -2.21. The third-order valence-electron chi connectivity index (χ3n) is 6.12. The molecule has 1 atom stereocenters. The van der Waals surface area contributed by atoms with Crippen LogP contribution in [0.1, 0.15) is 28.4 Å². The number of nitrogens with one attached hydrogen (secondary N) is 3. The van der Waals surface area contributed by atoms with E-state index in [0.29, 0.717) is 22.5 Å². The zero-order valence-electron chi connectivity index (χ0n) is 19.2. The third-order valence-corrected chi connectivity index (χ3v) is 6.12. The standard InChI is InChI=1S/C27H23N5O3/c1-17-9-6-7-14-21(17)23-22(16-32(31-23)20-12-4-3-5-13-20)24(33)28-19-11-8-10-18(15-19)27(2)25(34)29-26(35)30-27/h3-16H,1-2H3,(H,28,33)(H2,29,30,34,35). The van der Waals surface area contributed by atoms with E-state index in [2.05, 4.69) is 16.0 Å². The molecule has 3 N–H and O–H groups in total. The van der Waals surface area contributed by atoms with E-state index < -0.39 is 17.5 Å². The van der Waals surface area contributed by atoms with Gasteiger partial charge in [-0.15, -0.1) is 0 Å². The van der Waals surface area contributed by atoms with Crippen LogP contribution in [0.3, 0.4) is 0 Å². The van der Waals surface area contributed by atoms with E-state index in [9.17, 15) is 14.4 Å². The van der Waals surface area contributed by atoms with Crippen LogP contribution in [-0.4, -0.2) is 27.6 Å². The number of hydrogen-bond acceptors (Lipinski definition) is 4. The molecule has 4 amide bonds. The van der Waals surface area contributed by atoms with Gasteiger partial charge in [0.2, 0.25) is 0 Å². The second kappa shape index (κ2) is 8.57. The second-order valence-electron chi connectivity index (χ2n) is 8.55. The number of aryl methyl sites for hydroxylation is 1. The van der Waals surface area contributed by atoms with E-state index in [1.54, 1.807) is 42.1 Å². The fraction of sp³-hybridized carbons (Fsp3) is 0.111. The summed E-state index contributed by atoms with van der Waals surface area (Å²) >= 11 is 0. The minimum atomic E-state index is -1.22. The molecule has 1 unspecified atom stereocenters. The molecule has 174 valence electrons. The van der Waals surface area contributed by atoms with Gasteiger partial charge in [0.15, 0.2) is 0 Å². The van der Waals surface area contributed by atoms with E-state index in [-0.39, 0.29) is 5.91 Å². The van der Waals surface area contributed by atoms with Crippen molar-refractivity contribution < 1.29 is 14.4 Å². The fourth-order valence-corrected chi connectivity index (χ4v) is 4.14. The summed E-state index contributed by atoms with van der Waals surface area (Å²) in [6, 6.07) is 23.7. The number of benzene rings is 3. The monoisotopic (exact) mass is 465 g/mol. The Morgan fingerprint density at radius 2 is 1.71 bits per heavy atom. The lowest BCUT2D eigenvalue weighted by atomic mass is 9.92. The van der Waals surface area contributed by atoms with Crippen molar-refractivity contribution in [2.75, 3.05) is 5.32 Å². The number of para-hydroxylation sites is 1. The largest absolute Gasteiger partial charge is 0.322 e. The van der Waals surface area contributed by atoms with Crippen LogP contribution in [0.4, 0.5) is 10.5 Å². The predicted octanol–water partition coefficient (Wildman–Crippen LogP) is 4.15. The molecule has 5 rings (SSSR count). The van der Waals surface area contributed by atoms with Crippen LogP contribution in [0.5, 0.6) is 0 Å². The van der Waals surface area contributed by atoms with Gasteiger partial charge in [-0.1, -0.05) is 54.6 Å². The van der Waals surface area contributed by atoms with E-state index >= 15 is 0 Å². The lowest BCUT2D eigenvalue weighted by molar-refractivity contribution is -0.123. The number of amides is 4. The molecule has 1 aliphatic rings. The third kappa shape index (κ3) is 4.06. The molecule has 4 aromatic rings. The molecular weight excluding hydrogens is 442 g/mol. The quantitative estimate of drug-likeness (QED) is 0.385. The number of rotatable bonds is 5. The van der Waals surface area contributed by atoms with E-state index in [1.807, 2.05) is 61.5 Å². The molecule has 8 heteroatoms. The maximum Gasteiger partial charge on any atom is 0.322 e. The van der Waals surface area contributed by atoms with Gasteiger partial charge in [0.05, 0.1) is 11.3 Å². The Hall–Kier alpha value is -4.72. The zero-order chi connectivity index (χ0) is 24.6. The average molecular weight is 466 g/mol. The van der Waals surface area contributed by atoms with Gasteiger partial charge in [-0.2, -0.15) is 5.10 Å². The van der Waals surface area contributed by atoms with Gasteiger partial charge < -0.3 is 10.6 Å². The van der Waals surface area contributed by atoms with Crippen LogP contribution >= 0.6 is 0 Å². The number of anilines is 1. The highest BCUT2D eigenvalue weighted by Gasteiger charge is 2.43. The Bertz CT molecular complexity index is 1460. The van der Waals surface area contributed by atoms with Gasteiger partial charge in [-0.25, -0.2) is 9.48 Å². The minimum absolute atomic E-state index is 0.340. The van der Waals surface area contributed by atoms with Gasteiger partial charge in [-0.3, -0.25) is 14.9 Å². The highest BCUT2D eigenvalue weighted by Crippen LogP contribution is 2.29.